The minimum Gasteiger partial charge on any atom is -0.364 e. The Morgan fingerprint density at radius 2 is 2.05 bits per heavy atom. The van der Waals surface area contributed by atoms with Crippen molar-refractivity contribution in [2.24, 2.45) is 0 Å². The summed E-state index contributed by atoms with van der Waals surface area (Å²) in [5, 5.41) is 4.52. The van der Waals surface area contributed by atoms with Crippen LogP contribution in [0.4, 0.5) is 5.82 Å². The van der Waals surface area contributed by atoms with Gasteiger partial charge in [0.1, 0.15) is 16.5 Å². The van der Waals surface area contributed by atoms with Gasteiger partial charge >= 0.3 is 0 Å². The zero-order valence-electron chi connectivity index (χ0n) is 12.3. The van der Waals surface area contributed by atoms with Gasteiger partial charge in [-0.25, -0.2) is 9.97 Å². The highest BCUT2D eigenvalue weighted by Crippen LogP contribution is 2.29. The number of aryl methyl sites for hydroxylation is 2. The van der Waals surface area contributed by atoms with E-state index in [-0.39, 0.29) is 0 Å². The van der Waals surface area contributed by atoms with Crippen molar-refractivity contribution in [1.29, 1.82) is 0 Å². The third-order valence-electron chi connectivity index (χ3n) is 3.32. The second-order valence-electron chi connectivity index (χ2n) is 4.80. The van der Waals surface area contributed by atoms with E-state index in [1.807, 2.05) is 24.4 Å². The summed E-state index contributed by atoms with van der Waals surface area (Å²) in [7, 11) is 0. The highest BCUT2D eigenvalue weighted by atomic mass is 32.1. The molecule has 0 saturated heterocycles. The average molecular weight is 298 g/mol. The van der Waals surface area contributed by atoms with Crippen LogP contribution in [0.3, 0.4) is 0 Å². The lowest BCUT2D eigenvalue weighted by atomic mass is 10.3. The third-order valence-corrected chi connectivity index (χ3v) is 4.49. The van der Waals surface area contributed by atoms with E-state index in [1.165, 1.54) is 4.88 Å². The van der Waals surface area contributed by atoms with Gasteiger partial charge in [0, 0.05) is 17.5 Å². The first-order valence-corrected chi connectivity index (χ1v) is 8.05. The van der Waals surface area contributed by atoms with E-state index in [0.717, 1.165) is 40.4 Å². The molecule has 0 aliphatic rings. The molecule has 0 spiro atoms. The fraction of sp³-hybridized carbons (Fsp3) is 0.312. The van der Waals surface area contributed by atoms with E-state index in [2.05, 4.69) is 40.2 Å². The molecule has 0 bridgehead atoms. The predicted molar refractivity (Wildman–Crippen MR) is 87.7 cm³/mol. The Bertz CT molecular complexity index is 737. The van der Waals surface area contributed by atoms with Crippen molar-refractivity contribution < 1.29 is 0 Å². The Kier molecular flexibility index (Phi) is 4.10. The molecule has 4 nitrogen and oxygen atoms in total. The number of fused-ring (bicyclic) bond motifs is 1. The monoisotopic (exact) mass is 298 g/mol. The summed E-state index contributed by atoms with van der Waals surface area (Å²) >= 11 is 1.76. The molecule has 3 aromatic rings. The molecule has 0 amide bonds. The lowest BCUT2D eigenvalue weighted by Crippen LogP contribution is -2.05. The number of pyridine rings is 1. The molecule has 0 aromatic carbocycles. The number of aromatic nitrogens is 3. The molecular formula is C16H18N4S. The van der Waals surface area contributed by atoms with Crippen LogP contribution in [0.15, 0.2) is 30.5 Å². The summed E-state index contributed by atoms with van der Waals surface area (Å²) in [6, 6.07) is 8.13. The molecule has 3 heterocycles. The smallest absolute Gasteiger partial charge is 0.138 e. The van der Waals surface area contributed by atoms with Gasteiger partial charge in [0.25, 0.3) is 0 Å². The van der Waals surface area contributed by atoms with Crippen LogP contribution in [0.5, 0.6) is 0 Å². The number of rotatable bonds is 5. The first kappa shape index (κ1) is 13.9. The molecule has 3 aromatic heterocycles. The van der Waals surface area contributed by atoms with Crippen molar-refractivity contribution in [1.82, 2.24) is 15.0 Å². The van der Waals surface area contributed by atoms with Crippen molar-refractivity contribution in [3.8, 4) is 0 Å². The molecule has 0 saturated carbocycles. The molecule has 0 fully saturated rings. The summed E-state index contributed by atoms with van der Waals surface area (Å²) in [6.07, 6.45) is 3.68. The van der Waals surface area contributed by atoms with Crippen LogP contribution in [0.1, 0.15) is 30.2 Å². The van der Waals surface area contributed by atoms with Crippen LogP contribution in [-0.2, 0) is 19.4 Å². The van der Waals surface area contributed by atoms with E-state index >= 15 is 0 Å². The Balaban J connectivity index is 1.94. The van der Waals surface area contributed by atoms with E-state index in [4.69, 9.17) is 0 Å². The maximum absolute atomic E-state index is 4.64. The quantitative estimate of drug-likeness (QED) is 0.778. The number of hydrogen-bond donors (Lipinski definition) is 1. The lowest BCUT2D eigenvalue weighted by Gasteiger charge is -2.07. The second-order valence-corrected chi connectivity index (χ2v) is 5.92. The van der Waals surface area contributed by atoms with E-state index in [0.29, 0.717) is 6.54 Å². The van der Waals surface area contributed by atoms with Gasteiger partial charge in [-0.1, -0.05) is 19.9 Å². The number of thiophene rings is 1. The van der Waals surface area contributed by atoms with Crippen LogP contribution in [0, 0.1) is 0 Å². The van der Waals surface area contributed by atoms with Crippen LogP contribution < -0.4 is 5.32 Å². The molecular weight excluding hydrogens is 280 g/mol. The zero-order valence-corrected chi connectivity index (χ0v) is 13.1. The van der Waals surface area contributed by atoms with Gasteiger partial charge in [0.05, 0.1) is 17.6 Å². The van der Waals surface area contributed by atoms with Crippen molar-refractivity contribution in [2.45, 2.75) is 33.2 Å². The number of hydrogen-bond acceptors (Lipinski definition) is 5. The maximum Gasteiger partial charge on any atom is 0.138 e. The molecule has 5 heteroatoms. The summed E-state index contributed by atoms with van der Waals surface area (Å²) in [6.45, 7) is 4.92. The lowest BCUT2D eigenvalue weighted by molar-refractivity contribution is 0.950. The highest BCUT2D eigenvalue weighted by Gasteiger charge is 2.10. The number of nitrogens with zero attached hydrogens (tertiary/aromatic N) is 3. The SMILES string of the molecule is CCc1nc(NCc2ccccn2)c2cc(CC)sc2n1. The fourth-order valence-electron chi connectivity index (χ4n) is 2.16. The van der Waals surface area contributed by atoms with Gasteiger partial charge in [-0.15, -0.1) is 11.3 Å². The zero-order chi connectivity index (χ0) is 14.7. The molecule has 3 rings (SSSR count). The van der Waals surface area contributed by atoms with Crippen LogP contribution >= 0.6 is 11.3 Å². The average Bonchev–Trinajstić information content (AvgIpc) is 2.96. The van der Waals surface area contributed by atoms with Gasteiger partial charge in [-0.05, 0) is 24.6 Å². The molecule has 0 unspecified atom stereocenters. The van der Waals surface area contributed by atoms with Gasteiger partial charge in [0.2, 0.25) is 0 Å². The number of anilines is 1. The largest absolute Gasteiger partial charge is 0.364 e. The summed E-state index contributed by atoms with van der Waals surface area (Å²) in [5.41, 5.74) is 1.01. The first-order valence-electron chi connectivity index (χ1n) is 7.23. The van der Waals surface area contributed by atoms with E-state index in [9.17, 15) is 0 Å². The standard InChI is InChI=1S/C16H18N4S/c1-3-12-9-13-15(18-10-11-7-5-6-8-17-11)19-14(4-2)20-16(13)21-12/h5-9H,3-4,10H2,1-2H3,(H,18,19,20). The summed E-state index contributed by atoms with van der Waals surface area (Å²) in [4.78, 5) is 16.0. The van der Waals surface area contributed by atoms with Crippen molar-refractivity contribution in [2.75, 3.05) is 5.32 Å². The molecule has 21 heavy (non-hydrogen) atoms. The number of nitrogens with one attached hydrogen (secondary N) is 1. The van der Waals surface area contributed by atoms with Crippen LogP contribution in [0.2, 0.25) is 0 Å². The van der Waals surface area contributed by atoms with E-state index < -0.39 is 0 Å². The first-order chi connectivity index (χ1) is 10.3. The van der Waals surface area contributed by atoms with Crippen molar-refractivity contribution >= 4 is 27.4 Å². The minimum absolute atomic E-state index is 0.674. The third kappa shape index (κ3) is 3.03. The maximum atomic E-state index is 4.64. The molecule has 0 atom stereocenters. The van der Waals surface area contributed by atoms with Gasteiger partial charge < -0.3 is 5.32 Å². The van der Waals surface area contributed by atoms with Crippen LogP contribution in [0.25, 0.3) is 10.2 Å². The Labute approximate surface area is 128 Å². The Morgan fingerprint density at radius 3 is 2.76 bits per heavy atom. The Morgan fingerprint density at radius 1 is 1.14 bits per heavy atom. The van der Waals surface area contributed by atoms with Gasteiger partial charge in [0.15, 0.2) is 0 Å². The second kappa shape index (κ2) is 6.18. The molecule has 0 aliphatic carbocycles. The minimum atomic E-state index is 0.674. The topological polar surface area (TPSA) is 50.7 Å². The van der Waals surface area contributed by atoms with Gasteiger partial charge in [-0.3, -0.25) is 4.98 Å². The summed E-state index contributed by atoms with van der Waals surface area (Å²) < 4.78 is 0. The molecule has 108 valence electrons. The van der Waals surface area contributed by atoms with Crippen molar-refractivity contribution in [3.05, 3.63) is 46.9 Å². The van der Waals surface area contributed by atoms with Crippen LogP contribution in [-0.4, -0.2) is 15.0 Å². The molecule has 0 aliphatic heterocycles. The Hall–Kier alpha value is -2.01. The van der Waals surface area contributed by atoms with E-state index in [1.54, 1.807) is 11.3 Å². The molecule has 1 N–H and O–H groups in total. The normalized spacial score (nSPS) is 11.0. The molecule has 0 radical (unpaired) electrons. The predicted octanol–water partition coefficient (Wildman–Crippen LogP) is 3.82. The van der Waals surface area contributed by atoms with Crippen molar-refractivity contribution in [3.63, 3.8) is 0 Å². The van der Waals surface area contributed by atoms with Gasteiger partial charge in [-0.2, -0.15) is 0 Å². The fourth-order valence-corrected chi connectivity index (χ4v) is 3.15. The summed E-state index contributed by atoms with van der Waals surface area (Å²) in [5.74, 6) is 1.80. The highest BCUT2D eigenvalue weighted by molar-refractivity contribution is 7.18.